The predicted molar refractivity (Wildman–Crippen MR) is 104 cm³/mol. The molecule has 1 fully saturated rings. The van der Waals surface area contributed by atoms with E-state index in [-0.39, 0.29) is 5.91 Å². The number of hydrogen-bond acceptors (Lipinski definition) is 3. The molecular weight excluding hydrogens is 392 g/mol. The molecule has 1 saturated heterocycles. The molecule has 2 aromatic rings. The molecule has 0 aliphatic carbocycles. The number of aromatic nitrogens is 3. The maximum atomic E-state index is 12.8. The minimum Gasteiger partial charge on any atom is -0.342 e. The van der Waals surface area contributed by atoms with Gasteiger partial charge in [0.25, 0.3) is 0 Å². The lowest BCUT2D eigenvalue weighted by molar-refractivity contribution is -0.131. The van der Waals surface area contributed by atoms with E-state index in [0.29, 0.717) is 12.3 Å². The molecule has 4 rings (SSSR count). The number of carbonyl (C=O) groups is 1. The van der Waals surface area contributed by atoms with E-state index < -0.39 is 0 Å². The largest absolute Gasteiger partial charge is 0.342 e. The maximum absolute atomic E-state index is 12.8. The van der Waals surface area contributed by atoms with Gasteiger partial charge in [-0.2, -0.15) is 0 Å². The summed E-state index contributed by atoms with van der Waals surface area (Å²) in [4.78, 5) is 14.8. The van der Waals surface area contributed by atoms with Crippen molar-refractivity contribution in [2.45, 2.75) is 57.4 Å². The van der Waals surface area contributed by atoms with Gasteiger partial charge < -0.3 is 9.47 Å². The van der Waals surface area contributed by atoms with Crippen LogP contribution in [-0.4, -0.2) is 38.7 Å². The van der Waals surface area contributed by atoms with E-state index in [0.717, 1.165) is 60.6 Å². The van der Waals surface area contributed by atoms with Gasteiger partial charge in [0.2, 0.25) is 5.91 Å². The molecule has 2 aliphatic rings. The lowest BCUT2D eigenvalue weighted by atomic mass is 9.96. The van der Waals surface area contributed by atoms with E-state index in [2.05, 4.69) is 30.7 Å². The van der Waals surface area contributed by atoms with Gasteiger partial charge in [0.1, 0.15) is 11.6 Å². The zero-order chi connectivity index (χ0) is 17.9. The number of rotatable bonds is 3. The third-order valence-electron chi connectivity index (χ3n) is 5.55. The number of likely N-dealkylation sites (tertiary alicyclic amines) is 1. The first-order valence-corrected chi connectivity index (χ1v) is 10.4. The third-order valence-corrected chi connectivity index (χ3v) is 6.07. The van der Waals surface area contributed by atoms with Crippen molar-refractivity contribution in [1.29, 1.82) is 0 Å². The monoisotopic (exact) mass is 416 g/mol. The molecule has 26 heavy (non-hydrogen) atoms. The second-order valence-corrected chi connectivity index (χ2v) is 8.33. The van der Waals surface area contributed by atoms with Crippen molar-refractivity contribution < 1.29 is 4.79 Å². The number of carbonyl (C=O) groups excluding carboxylic acids is 1. The van der Waals surface area contributed by atoms with Crippen LogP contribution in [0, 0.1) is 0 Å². The van der Waals surface area contributed by atoms with Crippen LogP contribution in [0.25, 0.3) is 0 Å². The summed E-state index contributed by atoms with van der Waals surface area (Å²) in [5.74, 6) is 2.77. The molecule has 6 heteroatoms. The second kappa shape index (κ2) is 7.91. The molecule has 1 aromatic heterocycles. The Kier molecular flexibility index (Phi) is 5.38. The smallest absolute Gasteiger partial charge is 0.227 e. The van der Waals surface area contributed by atoms with Crippen LogP contribution < -0.4 is 0 Å². The zero-order valence-electron chi connectivity index (χ0n) is 15.0. The second-order valence-electron chi connectivity index (χ2n) is 7.42. The molecule has 0 radical (unpaired) electrons. The summed E-state index contributed by atoms with van der Waals surface area (Å²) in [6, 6.07) is 8.02. The van der Waals surface area contributed by atoms with E-state index in [1.165, 1.54) is 19.3 Å². The summed E-state index contributed by atoms with van der Waals surface area (Å²) in [7, 11) is 0. The summed E-state index contributed by atoms with van der Waals surface area (Å²) in [6.07, 6.45) is 7.33. The van der Waals surface area contributed by atoms with Gasteiger partial charge in [-0.1, -0.05) is 34.5 Å². The lowest BCUT2D eigenvalue weighted by Crippen LogP contribution is -2.40. The molecular formula is C20H25BrN4O. The number of nitrogens with zero attached hydrogens (tertiary/aromatic N) is 4. The Morgan fingerprint density at radius 2 is 1.92 bits per heavy atom. The molecule has 0 bridgehead atoms. The molecule has 1 amide bonds. The predicted octanol–water partition coefficient (Wildman–Crippen LogP) is 3.72. The standard InChI is InChI=1S/C20H25BrN4O/c21-17-9-7-15(8-10-17)13-19(26)24-11-4-5-16(14-24)20-23-22-18-6-2-1-3-12-25(18)20/h7-10,16H,1-6,11-14H2/t16-/m1/s1. The van der Waals surface area contributed by atoms with Crippen LogP contribution in [-0.2, 0) is 24.2 Å². The van der Waals surface area contributed by atoms with Crippen molar-refractivity contribution in [3.63, 3.8) is 0 Å². The molecule has 2 aliphatic heterocycles. The van der Waals surface area contributed by atoms with E-state index in [4.69, 9.17) is 0 Å². The van der Waals surface area contributed by atoms with Crippen LogP contribution in [0.2, 0.25) is 0 Å². The molecule has 0 spiro atoms. The van der Waals surface area contributed by atoms with Crippen molar-refractivity contribution >= 4 is 21.8 Å². The van der Waals surface area contributed by atoms with Crippen LogP contribution in [0.5, 0.6) is 0 Å². The highest BCUT2D eigenvalue weighted by Crippen LogP contribution is 2.28. The summed E-state index contributed by atoms with van der Waals surface area (Å²) in [5.41, 5.74) is 1.07. The molecule has 0 N–H and O–H groups in total. The minimum absolute atomic E-state index is 0.215. The van der Waals surface area contributed by atoms with Gasteiger partial charge in [0.05, 0.1) is 6.42 Å². The van der Waals surface area contributed by atoms with Crippen LogP contribution >= 0.6 is 15.9 Å². The molecule has 0 unspecified atom stereocenters. The van der Waals surface area contributed by atoms with E-state index >= 15 is 0 Å². The van der Waals surface area contributed by atoms with Crippen molar-refractivity contribution in [3.8, 4) is 0 Å². The number of amides is 1. The first kappa shape index (κ1) is 17.7. The molecule has 5 nitrogen and oxygen atoms in total. The summed E-state index contributed by atoms with van der Waals surface area (Å²) in [5, 5.41) is 8.96. The molecule has 0 saturated carbocycles. The van der Waals surface area contributed by atoms with E-state index in [1.807, 2.05) is 29.2 Å². The van der Waals surface area contributed by atoms with Crippen molar-refractivity contribution in [1.82, 2.24) is 19.7 Å². The molecule has 1 atom stereocenters. The highest BCUT2D eigenvalue weighted by atomic mass is 79.9. The lowest BCUT2D eigenvalue weighted by Gasteiger charge is -2.32. The topological polar surface area (TPSA) is 51.0 Å². The fourth-order valence-corrected chi connectivity index (χ4v) is 4.38. The van der Waals surface area contributed by atoms with Crippen LogP contribution in [0.1, 0.15) is 55.2 Å². The van der Waals surface area contributed by atoms with Gasteiger partial charge in [-0.05, 0) is 43.4 Å². The average Bonchev–Trinajstić information content (AvgIpc) is 2.92. The highest BCUT2D eigenvalue weighted by molar-refractivity contribution is 9.10. The minimum atomic E-state index is 0.215. The van der Waals surface area contributed by atoms with E-state index in [9.17, 15) is 4.79 Å². The molecule has 1 aromatic carbocycles. The number of piperidine rings is 1. The van der Waals surface area contributed by atoms with Gasteiger partial charge in [-0.15, -0.1) is 10.2 Å². The Bertz CT molecular complexity index is 771. The summed E-state index contributed by atoms with van der Waals surface area (Å²) in [6.45, 7) is 2.65. The Labute approximate surface area is 162 Å². The summed E-state index contributed by atoms with van der Waals surface area (Å²) >= 11 is 3.44. The Balaban J connectivity index is 1.45. The number of halogens is 1. The number of hydrogen-bond donors (Lipinski definition) is 0. The third kappa shape index (κ3) is 3.85. The van der Waals surface area contributed by atoms with Crippen LogP contribution in [0.15, 0.2) is 28.7 Å². The van der Waals surface area contributed by atoms with Gasteiger partial charge in [-0.25, -0.2) is 0 Å². The van der Waals surface area contributed by atoms with Crippen molar-refractivity contribution in [2.75, 3.05) is 13.1 Å². The Morgan fingerprint density at radius 1 is 1.08 bits per heavy atom. The van der Waals surface area contributed by atoms with Gasteiger partial charge in [0, 0.05) is 36.4 Å². The van der Waals surface area contributed by atoms with Crippen molar-refractivity contribution in [3.05, 3.63) is 46.0 Å². The fourth-order valence-electron chi connectivity index (χ4n) is 4.11. The quantitative estimate of drug-likeness (QED) is 0.765. The van der Waals surface area contributed by atoms with Gasteiger partial charge >= 0.3 is 0 Å². The first-order chi connectivity index (χ1) is 12.7. The van der Waals surface area contributed by atoms with Crippen molar-refractivity contribution in [2.24, 2.45) is 0 Å². The SMILES string of the molecule is O=C(Cc1ccc(Br)cc1)N1CCC[C@@H](c2nnc3n2CCCCC3)C1. The normalized spacial score (nSPS) is 20.5. The first-order valence-electron chi connectivity index (χ1n) is 9.65. The Morgan fingerprint density at radius 3 is 2.77 bits per heavy atom. The van der Waals surface area contributed by atoms with E-state index in [1.54, 1.807) is 0 Å². The highest BCUT2D eigenvalue weighted by Gasteiger charge is 2.29. The maximum Gasteiger partial charge on any atom is 0.227 e. The summed E-state index contributed by atoms with van der Waals surface area (Å²) < 4.78 is 3.37. The van der Waals surface area contributed by atoms with Gasteiger partial charge in [-0.3, -0.25) is 4.79 Å². The molecule has 3 heterocycles. The average molecular weight is 417 g/mol. The van der Waals surface area contributed by atoms with Gasteiger partial charge in [0.15, 0.2) is 0 Å². The number of fused-ring (bicyclic) bond motifs is 1. The number of benzene rings is 1. The zero-order valence-corrected chi connectivity index (χ0v) is 16.6. The van der Waals surface area contributed by atoms with Crippen LogP contribution in [0.3, 0.4) is 0 Å². The fraction of sp³-hybridized carbons (Fsp3) is 0.550. The van der Waals surface area contributed by atoms with Crippen LogP contribution in [0.4, 0.5) is 0 Å². The number of aryl methyl sites for hydroxylation is 1. The molecule has 138 valence electrons. The Hall–Kier alpha value is -1.69.